The van der Waals surface area contributed by atoms with Gasteiger partial charge >= 0.3 is 11.8 Å². The number of aryl methyl sites for hydroxylation is 1. The van der Waals surface area contributed by atoms with Crippen molar-refractivity contribution in [2.75, 3.05) is 0 Å². The van der Waals surface area contributed by atoms with Crippen LogP contribution in [0.1, 0.15) is 26.7 Å². The van der Waals surface area contributed by atoms with Crippen LogP contribution < -0.4 is 4.74 Å². The van der Waals surface area contributed by atoms with Crippen molar-refractivity contribution in [3.05, 3.63) is 16.3 Å². The number of hydrogen-bond donors (Lipinski definition) is 0. The Morgan fingerprint density at radius 3 is 3.12 bits per heavy atom. The lowest BCUT2D eigenvalue weighted by Gasteiger charge is -2.23. The Labute approximate surface area is 93.4 Å². The summed E-state index contributed by atoms with van der Waals surface area (Å²) in [6.45, 7) is 5.01. The van der Waals surface area contributed by atoms with Crippen molar-refractivity contribution in [1.29, 1.82) is 0 Å². The highest BCUT2D eigenvalue weighted by molar-refractivity contribution is 5.21. The molecule has 1 aromatic heterocycles. The van der Waals surface area contributed by atoms with Crippen LogP contribution in [0.5, 0.6) is 6.01 Å². The average Bonchev–Trinajstić information content (AvgIpc) is 2.59. The number of aromatic nitrogens is 2. The van der Waals surface area contributed by atoms with E-state index in [2.05, 4.69) is 18.8 Å². The van der Waals surface area contributed by atoms with E-state index >= 15 is 0 Å². The highest BCUT2D eigenvalue weighted by atomic mass is 16.6. The molecular weight excluding hydrogens is 210 g/mol. The van der Waals surface area contributed by atoms with E-state index in [1.807, 2.05) is 0 Å². The van der Waals surface area contributed by atoms with E-state index in [0.717, 1.165) is 19.4 Å². The first-order valence-electron chi connectivity index (χ1n) is 5.44. The Morgan fingerprint density at radius 2 is 2.50 bits per heavy atom. The zero-order chi connectivity index (χ0) is 11.7. The van der Waals surface area contributed by atoms with E-state index < -0.39 is 4.92 Å². The highest BCUT2D eigenvalue weighted by Gasteiger charge is 2.28. The average molecular weight is 225 g/mol. The van der Waals surface area contributed by atoms with Gasteiger partial charge in [-0.3, -0.25) is 4.57 Å². The quantitative estimate of drug-likeness (QED) is 0.582. The van der Waals surface area contributed by atoms with Crippen molar-refractivity contribution in [2.24, 2.45) is 5.92 Å². The zero-order valence-corrected chi connectivity index (χ0v) is 9.42. The van der Waals surface area contributed by atoms with Crippen molar-refractivity contribution >= 4 is 5.82 Å². The fourth-order valence-corrected chi connectivity index (χ4v) is 1.91. The number of hydrogen-bond acceptors (Lipinski definition) is 4. The number of ether oxygens (including phenoxy) is 1. The predicted molar refractivity (Wildman–Crippen MR) is 57.4 cm³/mol. The van der Waals surface area contributed by atoms with Crippen LogP contribution in [0, 0.1) is 16.0 Å². The molecule has 0 radical (unpaired) electrons. The Kier molecular flexibility index (Phi) is 2.80. The molecular formula is C10H15N3O3. The fourth-order valence-electron chi connectivity index (χ4n) is 1.91. The molecule has 16 heavy (non-hydrogen) atoms. The van der Waals surface area contributed by atoms with E-state index in [0.29, 0.717) is 11.9 Å². The summed E-state index contributed by atoms with van der Waals surface area (Å²) in [6, 6.07) is 0.378. The molecule has 0 saturated carbocycles. The molecule has 6 nitrogen and oxygen atoms in total. The summed E-state index contributed by atoms with van der Waals surface area (Å²) < 4.78 is 7.32. The lowest BCUT2D eigenvalue weighted by molar-refractivity contribution is -0.389. The lowest BCUT2D eigenvalue weighted by atomic mass is 10.0. The van der Waals surface area contributed by atoms with Gasteiger partial charge in [-0.2, -0.15) is 0 Å². The largest absolute Gasteiger partial charge is 0.442 e. The molecule has 6 heteroatoms. The molecule has 1 atom stereocenters. The molecule has 1 aliphatic heterocycles. The summed E-state index contributed by atoms with van der Waals surface area (Å²) in [6.07, 6.45) is 3.41. The number of nitrogens with zero attached hydrogens (tertiary/aromatic N) is 3. The Bertz CT molecular complexity index is 400. The summed E-state index contributed by atoms with van der Waals surface area (Å²) in [5.41, 5.74) is 0. The molecule has 2 heterocycles. The van der Waals surface area contributed by atoms with Crippen LogP contribution in [0.4, 0.5) is 5.82 Å². The van der Waals surface area contributed by atoms with Gasteiger partial charge in [-0.15, -0.1) is 0 Å². The summed E-state index contributed by atoms with van der Waals surface area (Å²) in [5.74, 6) is 0.418. The molecule has 0 aliphatic carbocycles. The maximum Gasteiger partial charge on any atom is 0.414 e. The first-order valence-corrected chi connectivity index (χ1v) is 5.44. The summed E-state index contributed by atoms with van der Waals surface area (Å²) in [7, 11) is 0. The van der Waals surface area contributed by atoms with Gasteiger partial charge in [0.15, 0.2) is 0 Å². The zero-order valence-electron chi connectivity index (χ0n) is 9.42. The third kappa shape index (κ3) is 2.15. The molecule has 0 aromatic carbocycles. The van der Waals surface area contributed by atoms with Gasteiger partial charge in [0.05, 0.1) is 0 Å². The molecule has 0 unspecified atom stereocenters. The second-order valence-corrected chi connectivity index (χ2v) is 4.49. The van der Waals surface area contributed by atoms with Crippen LogP contribution in [-0.4, -0.2) is 20.6 Å². The van der Waals surface area contributed by atoms with Crippen LogP contribution in [-0.2, 0) is 6.54 Å². The van der Waals surface area contributed by atoms with Crippen LogP contribution in [0.3, 0.4) is 0 Å². The third-order valence-electron chi connectivity index (χ3n) is 2.61. The number of nitro groups is 1. The smallest absolute Gasteiger partial charge is 0.414 e. The van der Waals surface area contributed by atoms with E-state index in [4.69, 9.17) is 4.74 Å². The molecule has 0 spiro atoms. The third-order valence-corrected chi connectivity index (χ3v) is 2.61. The number of rotatable bonds is 3. The van der Waals surface area contributed by atoms with Gasteiger partial charge in [-0.05, 0) is 17.3 Å². The van der Waals surface area contributed by atoms with Gasteiger partial charge < -0.3 is 14.9 Å². The molecule has 0 N–H and O–H groups in total. The molecule has 0 saturated heterocycles. The molecule has 1 aliphatic rings. The van der Waals surface area contributed by atoms with Gasteiger partial charge in [0.25, 0.3) is 0 Å². The highest BCUT2D eigenvalue weighted by Crippen LogP contribution is 2.26. The second kappa shape index (κ2) is 4.11. The standard InChI is InChI=1S/C10H15N3O3/c1-7(2)5-8-3-4-12-6-9(13(14)15)11-10(12)16-8/h6-8H,3-5H2,1-2H3/t8-/m1/s1. The Balaban J connectivity index is 2.11. The molecule has 0 fully saturated rings. The first-order chi connectivity index (χ1) is 7.56. The van der Waals surface area contributed by atoms with Crippen LogP contribution >= 0.6 is 0 Å². The summed E-state index contributed by atoms with van der Waals surface area (Å²) in [5, 5.41) is 10.6. The lowest BCUT2D eigenvalue weighted by Crippen LogP contribution is -2.27. The Morgan fingerprint density at radius 1 is 1.75 bits per heavy atom. The molecule has 2 rings (SSSR count). The van der Waals surface area contributed by atoms with Gasteiger partial charge in [-0.1, -0.05) is 13.8 Å². The number of imidazole rings is 1. The van der Waals surface area contributed by atoms with Crippen molar-refractivity contribution in [1.82, 2.24) is 9.55 Å². The van der Waals surface area contributed by atoms with Crippen LogP contribution in [0.2, 0.25) is 0 Å². The van der Waals surface area contributed by atoms with Crippen LogP contribution in [0.15, 0.2) is 6.20 Å². The summed E-state index contributed by atoms with van der Waals surface area (Å²) in [4.78, 5) is 13.9. The topological polar surface area (TPSA) is 70.2 Å². The van der Waals surface area contributed by atoms with Crippen LogP contribution in [0.25, 0.3) is 0 Å². The SMILES string of the molecule is CC(C)C[C@H]1CCn2cc([N+](=O)[O-])nc2O1. The minimum Gasteiger partial charge on any atom is -0.442 e. The van der Waals surface area contributed by atoms with Gasteiger partial charge in [0, 0.05) is 17.9 Å². The fraction of sp³-hybridized carbons (Fsp3) is 0.700. The second-order valence-electron chi connectivity index (χ2n) is 4.49. The molecule has 0 bridgehead atoms. The normalized spacial score (nSPS) is 19.3. The van der Waals surface area contributed by atoms with Crippen molar-refractivity contribution in [2.45, 2.75) is 39.3 Å². The first kappa shape index (κ1) is 10.9. The van der Waals surface area contributed by atoms with Gasteiger partial charge in [-0.25, -0.2) is 0 Å². The Hall–Kier alpha value is -1.59. The van der Waals surface area contributed by atoms with E-state index in [1.165, 1.54) is 6.20 Å². The van der Waals surface area contributed by atoms with E-state index in [-0.39, 0.29) is 11.9 Å². The van der Waals surface area contributed by atoms with Gasteiger partial charge in [0.1, 0.15) is 12.3 Å². The van der Waals surface area contributed by atoms with Crippen molar-refractivity contribution in [3.63, 3.8) is 0 Å². The minimum absolute atomic E-state index is 0.134. The molecule has 88 valence electrons. The summed E-state index contributed by atoms with van der Waals surface area (Å²) >= 11 is 0. The maximum absolute atomic E-state index is 10.6. The predicted octanol–water partition coefficient (Wildman–Crippen LogP) is 1.99. The minimum atomic E-state index is -0.494. The molecule has 0 amide bonds. The molecule has 1 aromatic rings. The monoisotopic (exact) mass is 225 g/mol. The number of fused-ring (bicyclic) bond motifs is 1. The van der Waals surface area contributed by atoms with E-state index in [1.54, 1.807) is 4.57 Å². The van der Waals surface area contributed by atoms with Crippen molar-refractivity contribution in [3.8, 4) is 6.01 Å². The van der Waals surface area contributed by atoms with Crippen molar-refractivity contribution < 1.29 is 9.66 Å². The van der Waals surface area contributed by atoms with Gasteiger partial charge in [0.2, 0.25) is 0 Å². The van der Waals surface area contributed by atoms with E-state index in [9.17, 15) is 10.1 Å². The maximum atomic E-state index is 10.6.